The molecule has 2 aromatic carbocycles. The van der Waals surface area contributed by atoms with Crippen molar-refractivity contribution in [2.75, 3.05) is 37.6 Å². The van der Waals surface area contributed by atoms with Crippen molar-refractivity contribution in [3.05, 3.63) is 72.6 Å². The second-order valence-electron chi connectivity index (χ2n) is 14.0. The molecule has 0 radical (unpaired) electrons. The lowest BCUT2D eigenvalue weighted by molar-refractivity contribution is -0.117. The summed E-state index contributed by atoms with van der Waals surface area (Å²) in [4.78, 5) is 28.1. The van der Waals surface area contributed by atoms with Gasteiger partial charge in [0.2, 0.25) is 5.91 Å². The predicted octanol–water partition coefficient (Wildman–Crippen LogP) is 4.48. The van der Waals surface area contributed by atoms with Gasteiger partial charge in [-0.3, -0.25) is 4.79 Å². The van der Waals surface area contributed by atoms with Crippen molar-refractivity contribution in [2.45, 2.75) is 72.6 Å². The highest BCUT2D eigenvalue weighted by molar-refractivity contribution is 7.92. The average Bonchev–Trinajstić information content (AvgIpc) is 3.49. The molecule has 2 amide bonds. The second kappa shape index (κ2) is 13.9. The minimum absolute atomic E-state index is 0.0221. The summed E-state index contributed by atoms with van der Waals surface area (Å²) in [7, 11) is -3.46. The highest BCUT2D eigenvalue weighted by Crippen LogP contribution is 2.50. The summed E-state index contributed by atoms with van der Waals surface area (Å²) in [6.45, 7) is 7.72. The molecular formula is C36H44FN5O5S. The van der Waals surface area contributed by atoms with E-state index in [0.717, 1.165) is 64.1 Å². The molecule has 2 aliphatic carbocycles. The van der Waals surface area contributed by atoms with Gasteiger partial charge in [-0.1, -0.05) is 25.1 Å². The first kappa shape index (κ1) is 33.9. The lowest BCUT2D eigenvalue weighted by Gasteiger charge is -2.48. The Hall–Kier alpha value is -3.95. The zero-order valence-corrected chi connectivity index (χ0v) is 27.9. The van der Waals surface area contributed by atoms with Crippen LogP contribution in [0.3, 0.4) is 0 Å². The van der Waals surface area contributed by atoms with Gasteiger partial charge in [0.1, 0.15) is 5.82 Å². The molecule has 48 heavy (non-hydrogen) atoms. The lowest BCUT2D eigenvalue weighted by Crippen LogP contribution is -2.55. The molecule has 2 aromatic rings. The summed E-state index contributed by atoms with van der Waals surface area (Å²) < 4.78 is 40.7. The van der Waals surface area contributed by atoms with Crippen LogP contribution in [-0.4, -0.2) is 80.5 Å². The van der Waals surface area contributed by atoms with Crippen LogP contribution < -0.4 is 15.5 Å². The molecule has 0 spiro atoms. The van der Waals surface area contributed by atoms with E-state index in [0.29, 0.717) is 35.6 Å². The number of nitrogens with zero attached hydrogens (tertiary/aromatic N) is 3. The van der Waals surface area contributed by atoms with Crippen molar-refractivity contribution in [3.63, 3.8) is 0 Å². The molecule has 0 aromatic heterocycles. The van der Waals surface area contributed by atoms with E-state index >= 15 is 0 Å². The number of halogens is 1. The third kappa shape index (κ3) is 6.67. The predicted molar refractivity (Wildman–Crippen MR) is 180 cm³/mol. The topological polar surface area (TPSA) is 143 Å². The Labute approximate surface area is 281 Å². The van der Waals surface area contributed by atoms with Crippen molar-refractivity contribution in [3.8, 4) is 6.07 Å². The SMILES string of the molecule is C=CC(=O)NC1CC(S(=O)(=O)c2ccc(N3CC(CN4CCC(C(C#N)(c5cccc(F)c5)[C@H]5CCC[C@@H]5NC(=O)O)CC4)C3)cc2)C1. The first-order valence-electron chi connectivity index (χ1n) is 16.9. The Morgan fingerprint density at radius 3 is 2.40 bits per heavy atom. The van der Waals surface area contributed by atoms with E-state index in [9.17, 15) is 32.8 Å². The number of nitrogens with one attached hydrogen (secondary N) is 2. The largest absolute Gasteiger partial charge is 0.465 e. The van der Waals surface area contributed by atoms with E-state index < -0.39 is 26.6 Å². The van der Waals surface area contributed by atoms with Crippen LogP contribution in [0, 0.1) is 34.9 Å². The van der Waals surface area contributed by atoms with Gasteiger partial charge in [-0.2, -0.15) is 5.26 Å². The van der Waals surface area contributed by atoms with Gasteiger partial charge in [0.05, 0.1) is 21.6 Å². The maximum atomic E-state index is 14.5. The van der Waals surface area contributed by atoms with Crippen LogP contribution in [0.25, 0.3) is 0 Å². The van der Waals surface area contributed by atoms with Crippen LogP contribution in [-0.2, 0) is 20.0 Å². The fraction of sp³-hybridized carbons (Fsp3) is 0.528. The number of sulfone groups is 1. The van der Waals surface area contributed by atoms with Gasteiger partial charge in [-0.15, -0.1) is 0 Å². The molecule has 3 atom stereocenters. The van der Waals surface area contributed by atoms with Crippen LogP contribution in [0.1, 0.15) is 50.5 Å². The number of benzene rings is 2. The van der Waals surface area contributed by atoms with Crippen LogP contribution in [0.4, 0.5) is 14.9 Å². The number of carbonyl (C=O) groups excluding carboxylic acids is 1. The van der Waals surface area contributed by atoms with E-state index in [1.165, 1.54) is 18.2 Å². The number of carbonyl (C=O) groups is 2. The molecule has 4 aliphatic rings. The van der Waals surface area contributed by atoms with Gasteiger partial charge in [0, 0.05) is 49.2 Å². The van der Waals surface area contributed by atoms with Gasteiger partial charge < -0.3 is 25.5 Å². The standard InChI is InChI=1S/C36H44FN5O5S/c1-2-34(43)39-28-18-31(19-28)48(46,47)30-11-9-29(10-12-30)42-21-24(22-42)20-41-15-13-25(14-16-41)36(23-38,26-5-3-6-27(37)17-26)32-7-4-8-33(32)40-35(44)45/h2-3,5-6,9-12,17,24-25,28,31-33,40H,1,4,7-8,13-16,18-22H2,(H,39,43)(H,44,45)/t28?,31?,32-,33-,36?/m0/s1. The van der Waals surface area contributed by atoms with E-state index in [2.05, 4.69) is 33.1 Å². The van der Waals surface area contributed by atoms with Crippen LogP contribution in [0.2, 0.25) is 0 Å². The number of amides is 2. The van der Waals surface area contributed by atoms with Crippen molar-refractivity contribution in [1.29, 1.82) is 5.26 Å². The Bertz CT molecular complexity index is 1660. The zero-order chi connectivity index (χ0) is 34.1. The summed E-state index contributed by atoms with van der Waals surface area (Å²) in [5.74, 6) is -0.464. The average molecular weight is 678 g/mol. The molecule has 1 unspecified atom stereocenters. The fourth-order valence-electron chi connectivity index (χ4n) is 8.64. The van der Waals surface area contributed by atoms with Gasteiger partial charge in [0.25, 0.3) is 0 Å². The van der Waals surface area contributed by atoms with Crippen molar-refractivity contribution in [2.24, 2.45) is 17.8 Å². The Morgan fingerprint density at radius 1 is 1.06 bits per heavy atom. The normalized spacial score (nSPS) is 26.4. The number of hydrogen-bond acceptors (Lipinski definition) is 7. The summed E-state index contributed by atoms with van der Waals surface area (Å²) >= 11 is 0. The molecule has 12 heteroatoms. The third-order valence-electron chi connectivity index (χ3n) is 11.2. The van der Waals surface area contributed by atoms with Crippen LogP contribution in [0.15, 0.2) is 66.1 Å². The minimum atomic E-state index is -3.46. The van der Waals surface area contributed by atoms with Crippen molar-refractivity contribution < 1.29 is 27.5 Å². The summed E-state index contributed by atoms with van der Waals surface area (Å²) in [5.41, 5.74) is 0.658. The molecule has 4 fully saturated rings. The smallest absolute Gasteiger partial charge is 0.404 e. The van der Waals surface area contributed by atoms with Crippen LogP contribution in [0.5, 0.6) is 0 Å². The Morgan fingerprint density at radius 2 is 1.77 bits per heavy atom. The molecule has 0 bridgehead atoms. The monoisotopic (exact) mass is 677 g/mol. The quantitative estimate of drug-likeness (QED) is 0.296. The summed E-state index contributed by atoms with van der Waals surface area (Å²) in [6, 6.07) is 15.6. The number of carboxylic acid groups (broad SMARTS) is 1. The third-order valence-corrected chi connectivity index (χ3v) is 13.4. The second-order valence-corrected chi connectivity index (χ2v) is 16.2. The molecule has 256 valence electrons. The molecule has 3 N–H and O–H groups in total. The van der Waals surface area contributed by atoms with Gasteiger partial charge in [-0.05, 0) is 106 Å². The van der Waals surface area contributed by atoms with Gasteiger partial charge in [0.15, 0.2) is 9.84 Å². The van der Waals surface area contributed by atoms with Crippen LogP contribution >= 0.6 is 0 Å². The molecule has 2 aliphatic heterocycles. The highest BCUT2D eigenvalue weighted by Gasteiger charge is 2.53. The van der Waals surface area contributed by atoms with Crippen molar-refractivity contribution in [1.82, 2.24) is 15.5 Å². The molecule has 2 saturated heterocycles. The number of anilines is 1. The molecule has 10 nitrogen and oxygen atoms in total. The highest BCUT2D eigenvalue weighted by atomic mass is 32.2. The summed E-state index contributed by atoms with van der Waals surface area (Å²) in [6.07, 6.45) is 4.66. The number of likely N-dealkylation sites (tertiary alicyclic amines) is 1. The minimum Gasteiger partial charge on any atom is -0.465 e. The molecule has 6 rings (SSSR count). The van der Waals surface area contributed by atoms with E-state index in [1.807, 2.05) is 18.2 Å². The number of piperidine rings is 1. The first-order chi connectivity index (χ1) is 23.0. The van der Waals surface area contributed by atoms with Gasteiger partial charge in [-0.25, -0.2) is 17.6 Å². The maximum Gasteiger partial charge on any atom is 0.404 e. The lowest BCUT2D eigenvalue weighted by atomic mass is 9.59. The van der Waals surface area contributed by atoms with E-state index in [1.54, 1.807) is 18.2 Å². The Balaban J connectivity index is 1.03. The Kier molecular flexibility index (Phi) is 9.81. The molecule has 2 saturated carbocycles. The number of nitriles is 1. The van der Waals surface area contributed by atoms with Crippen molar-refractivity contribution >= 4 is 27.5 Å². The summed E-state index contributed by atoms with van der Waals surface area (Å²) in [5, 5.41) is 25.2. The maximum absolute atomic E-state index is 14.5. The molecule has 2 heterocycles. The van der Waals surface area contributed by atoms with Gasteiger partial charge >= 0.3 is 6.09 Å². The fourth-order valence-corrected chi connectivity index (χ4v) is 10.5. The van der Waals surface area contributed by atoms with E-state index in [4.69, 9.17) is 0 Å². The number of hydrogen-bond donors (Lipinski definition) is 3. The zero-order valence-electron chi connectivity index (χ0n) is 27.1. The number of rotatable bonds is 11. The molecular weight excluding hydrogens is 633 g/mol. The first-order valence-corrected chi connectivity index (χ1v) is 18.5. The van der Waals surface area contributed by atoms with E-state index in [-0.39, 0.29) is 35.6 Å².